The highest BCUT2D eigenvalue weighted by atomic mass is 16.4. The maximum atomic E-state index is 12.7. The van der Waals surface area contributed by atoms with E-state index in [-0.39, 0.29) is 25.7 Å². The Kier molecular flexibility index (Phi) is 11.7. The second kappa shape index (κ2) is 14.2. The fourth-order valence-corrected chi connectivity index (χ4v) is 2.83. The van der Waals surface area contributed by atoms with Crippen molar-refractivity contribution in [1.29, 1.82) is 0 Å². The van der Waals surface area contributed by atoms with E-state index in [1.807, 2.05) is 0 Å². The van der Waals surface area contributed by atoms with Crippen LogP contribution in [0.25, 0.3) is 0 Å². The topological polar surface area (TPSA) is 231 Å². The number of carboxylic acids is 2. The molecule has 34 heavy (non-hydrogen) atoms. The summed E-state index contributed by atoms with van der Waals surface area (Å²) in [6, 6.07) is 4.77. The summed E-state index contributed by atoms with van der Waals surface area (Å²) in [5.74, 6) is -5.60. The van der Waals surface area contributed by atoms with Crippen LogP contribution in [-0.2, 0) is 35.2 Å². The number of nitrogens with two attached hydrogens (primary N) is 2. The summed E-state index contributed by atoms with van der Waals surface area (Å²) in [6.45, 7) is -0.577. The summed E-state index contributed by atoms with van der Waals surface area (Å²) in [5, 5.41) is 25.2. The summed E-state index contributed by atoms with van der Waals surface area (Å²) in [7, 11) is 0. The molecule has 0 aliphatic heterocycles. The van der Waals surface area contributed by atoms with E-state index >= 15 is 0 Å². The van der Waals surface area contributed by atoms with Gasteiger partial charge in [-0.1, -0.05) is 30.3 Å². The Morgan fingerprint density at radius 1 is 0.853 bits per heavy atom. The molecule has 1 aromatic carbocycles. The molecule has 13 nitrogen and oxygen atoms in total. The number of hydrogen-bond acceptors (Lipinski definition) is 7. The zero-order valence-electron chi connectivity index (χ0n) is 18.4. The minimum atomic E-state index is -1.36. The lowest BCUT2D eigenvalue weighted by molar-refractivity contribution is -0.143. The summed E-state index contributed by atoms with van der Waals surface area (Å²) >= 11 is 0. The molecule has 0 bridgehead atoms. The molecule has 3 atom stereocenters. The number of hydrogen-bond donors (Lipinski definition) is 7. The first kappa shape index (κ1) is 28.0. The minimum absolute atomic E-state index is 0.0234. The van der Waals surface area contributed by atoms with E-state index in [1.165, 1.54) is 0 Å². The maximum absolute atomic E-state index is 12.7. The molecule has 0 radical (unpaired) electrons. The third-order valence-corrected chi connectivity index (χ3v) is 4.66. The van der Waals surface area contributed by atoms with Gasteiger partial charge in [0, 0.05) is 19.3 Å². The first-order valence-corrected chi connectivity index (χ1v) is 10.4. The van der Waals surface area contributed by atoms with E-state index in [2.05, 4.69) is 16.0 Å². The lowest BCUT2D eigenvalue weighted by Crippen LogP contribution is -2.54. The molecule has 0 fully saturated rings. The Morgan fingerprint density at radius 3 is 2.06 bits per heavy atom. The van der Waals surface area contributed by atoms with E-state index in [1.54, 1.807) is 30.3 Å². The van der Waals surface area contributed by atoms with Gasteiger partial charge in [0.2, 0.25) is 23.6 Å². The molecule has 0 aliphatic rings. The zero-order chi connectivity index (χ0) is 25.7. The van der Waals surface area contributed by atoms with Crippen molar-refractivity contribution in [3.8, 4) is 0 Å². The fourth-order valence-electron chi connectivity index (χ4n) is 2.83. The monoisotopic (exact) mass is 479 g/mol. The van der Waals surface area contributed by atoms with Crippen molar-refractivity contribution in [2.45, 2.75) is 50.2 Å². The Hall–Kier alpha value is -4.00. The van der Waals surface area contributed by atoms with Crippen LogP contribution in [0.2, 0.25) is 0 Å². The van der Waals surface area contributed by atoms with Crippen molar-refractivity contribution in [3.05, 3.63) is 35.9 Å². The van der Waals surface area contributed by atoms with Crippen LogP contribution in [0, 0.1) is 0 Å². The molecule has 1 rings (SSSR count). The van der Waals surface area contributed by atoms with Crippen LogP contribution in [0.1, 0.15) is 31.2 Å². The third-order valence-electron chi connectivity index (χ3n) is 4.66. The fraction of sp³-hybridized carbons (Fsp3) is 0.429. The smallest absolute Gasteiger partial charge is 0.326 e. The molecule has 0 aromatic heterocycles. The van der Waals surface area contributed by atoms with Crippen molar-refractivity contribution in [2.75, 3.05) is 6.54 Å². The second-order valence-corrected chi connectivity index (χ2v) is 7.47. The number of carbonyl (C=O) groups excluding carboxylic acids is 4. The SMILES string of the molecule is NC(=O)CCC(N)C(=O)NCC(=O)NC(CCC(=O)O)C(=O)NC(Cc1ccccc1)C(=O)O. The van der Waals surface area contributed by atoms with Crippen LogP contribution in [0.4, 0.5) is 0 Å². The number of benzene rings is 1. The molecule has 0 heterocycles. The number of carbonyl (C=O) groups is 6. The van der Waals surface area contributed by atoms with Crippen molar-refractivity contribution < 1.29 is 39.0 Å². The number of amides is 4. The van der Waals surface area contributed by atoms with Crippen molar-refractivity contribution in [1.82, 2.24) is 16.0 Å². The Labute approximate surface area is 195 Å². The summed E-state index contributed by atoms with van der Waals surface area (Å²) in [4.78, 5) is 70.1. The van der Waals surface area contributed by atoms with Gasteiger partial charge in [0.15, 0.2) is 0 Å². The van der Waals surface area contributed by atoms with E-state index in [4.69, 9.17) is 16.6 Å². The second-order valence-electron chi connectivity index (χ2n) is 7.47. The molecular formula is C21H29N5O8. The number of rotatable bonds is 15. The normalized spacial score (nSPS) is 13.1. The van der Waals surface area contributed by atoms with Gasteiger partial charge < -0.3 is 37.6 Å². The van der Waals surface area contributed by atoms with Gasteiger partial charge in [-0.05, 0) is 18.4 Å². The molecular weight excluding hydrogens is 450 g/mol. The lowest BCUT2D eigenvalue weighted by Gasteiger charge is -2.21. The van der Waals surface area contributed by atoms with Gasteiger partial charge in [-0.3, -0.25) is 24.0 Å². The summed E-state index contributed by atoms with van der Waals surface area (Å²) in [5.41, 5.74) is 11.2. The van der Waals surface area contributed by atoms with Gasteiger partial charge in [0.05, 0.1) is 12.6 Å². The third kappa shape index (κ3) is 11.0. The zero-order valence-corrected chi connectivity index (χ0v) is 18.4. The summed E-state index contributed by atoms with van der Waals surface area (Å²) < 4.78 is 0. The van der Waals surface area contributed by atoms with Crippen LogP contribution in [0.15, 0.2) is 30.3 Å². The predicted octanol–water partition coefficient (Wildman–Crippen LogP) is -2.14. The van der Waals surface area contributed by atoms with Gasteiger partial charge in [0.1, 0.15) is 12.1 Å². The van der Waals surface area contributed by atoms with E-state index in [0.29, 0.717) is 5.56 Å². The quantitative estimate of drug-likeness (QED) is 0.145. The molecule has 0 saturated carbocycles. The molecule has 13 heteroatoms. The number of aliphatic carboxylic acids is 2. The average molecular weight is 479 g/mol. The maximum Gasteiger partial charge on any atom is 0.326 e. The van der Waals surface area contributed by atoms with Gasteiger partial charge in [-0.15, -0.1) is 0 Å². The molecule has 186 valence electrons. The molecule has 3 unspecified atom stereocenters. The van der Waals surface area contributed by atoms with Crippen LogP contribution < -0.4 is 27.4 Å². The highest BCUT2D eigenvalue weighted by molar-refractivity contribution is 5.92. The number of primary amides is 1. The van der Waals surface area contributed by atoms with E-state index in [9.17, 15) is 33.9 Å². The molecule has 1 aromatic rings. The highest BCUT2D eigenvalue weighted by Crippen LogP contribution is 2.05. The Morgan fingerprint density at radius 2 is 1.50 bits per heavy atom. The summed E-state index contributed by atoms with van der Waals surface area (Å²) in [6.07, 6.45) is -0.951. The molecule has 4 amide bonds. The largest absolute Gasteiger partial charge is 0.481 e. The molecule has 0 aliphatic carbocycles. The van der Waals surface area contributed by atoms with Crippen molar-refractivity contribution in [2.24, 2.45) is 11.5 Å². The van der Waals surface area contributed by atoms with Gasteiger partial charge in [0.25, 0.3) is 0 Å². The van der Waals surface area contributed by atoms with Gasteiger partial charge in [-0.25, -0.2) is 4.79 Å². The van der Waals surface area contributed by atoms with Crippen LogP contribution in [-0.4, -0.2) is 70.5 Å². The van der Waals surface area contributed by atoms with Crippen LogP contribution in [0.3, 0.4) is 0 Å². The number of nitrogens with one attached hydrogen (secondary N) is 3. The standard InChI is InChI=1S/C21H29N5O8/c22-13(6-8-16(23)27)19(31)24-11-17(28)25-14(7-9-18(29)30)20(32)26-15(21(33)34)10-12-4-2-1-3-5-12/h1-5,13-15H,6-11,22H2,(H2,23,27)(H,24,31)(H,25,28)(H,26,32)(H,29,30)(H,33,34). The highest BCUT2D eigenvalue weighted by Gasteiger charge is 2.27. The molecule has 0 spiro atoms. The molecule has 0 saturated heterocycles. The van der Waals surface area contributed by atoms with E-state index in [0.717, 1.165) is 0 Å². The minimum Gasteiger partial charge on any atom is -0.481 e. The van der Waals surface area contributed by atoms with Gasteiger partial charge >= 0.3 is 11.9 Å². The number of carboxylic acid groups (broad SMARTS) is 2. The Bertz CT molecular complexity index is 892. The average Bonchev–Trinajstić information content (AvgIpc) is 2.78. The van der Waals surface area contributed by atoms with Crippen LogP contribution >= 0.6 is 0 Å². The van der Waals surface area contributed by atoms with Crippen LogP contribution in [0.5, 0.6) is 0 Å². The first-order valence-electron chi connectivity index (χ1n) is 10.4. The van der Waals surface area contributed by atoms with Crippen molar-refractivity contribution >= 4 is 35.6 Å². The van der Waals surface area contributed by atoms with Crippen molar-refractivity contribution in [3.63, 3.8) is 0 Å². The van der Waals surface area contributed by atoms with E-state index < -0.39 is 66.7 Å². The van der Waals surface area contributed by atoms with Gasteiger partial charge in [-0.2, -0.15) is 0 Å². The first-order chi connectivity index (χ1) is 16.0. The lowest BCUT2D eigenvalue weighted by atomic mass is 10.0. The Balaban J connectivity index is 2.74. The predicted molar refractivity (Wildman–Crippen MR) is 118 cm³/mol. The molecule has 9 N–H and O–H groups in total.